The van der Waals surface area contributed by atoms with Crippen LogP contribution in [0.2, 0.25) is 0 Å². The Hall–Kier alpha value is -1.65. The van der Waals surface area contributed by atoms with Crippen molar-refractivity contribution in [1.82, 2.24) is 0 Å². The zero-order chi connectivity index (χ0) is 16.7. The Bertz CT molecular complexity index is 780. The number of hydrogen-bond donors (Lipinski definition) is 1. The van der Waals surface area contributed by atoms with Crippen LogP contribution in [-0.4, -0.2) is 8.42 Å². The second-order valence-electron chi connectivity index (χ2n) is 6.99. The van der Waals surface area contributed by atoms with E-state index in [-0.39, 0.29) is 10.3 Å². The van der Waals surface area contributed by atoms with E-state index < -0.39 is 10.0 Å². The third kappa shape index (κ3) is 3.48. The lowest BCUT2D eigenvalue weighted by atomic mass is 9.81. The number of allylic oxidation sites excluding steroid dienone is 6. The molecule has 0 aromatic heterocycles. The van der Waals surface area contributed by atoms with Crippen molar-refractivity contribution < 1.29 is 8.42 Å². The first kappa shape index (κ1) is 16.2. The van der Waals surface area contributed by atoms with Crippen molar-refractivity contribution in [3.8, 4) is 0 Å². The van der Waals surface area contributed by atoms with Crippen LogP contribution in [0, 0.1) is 11.3 Å². The zero-order valence-corrected chi connectivity index (χ0v) is 14.4. The fourth-order valence-corrected chi connectivity index (χ4v) is 3.88. The van der Waals surface area contributed by atoms with Crippen LogP contribution in [0.4, 0.5) is 0 Å². The zero-order valence-electron chi connectivity index (χ0n) is 13.6. The van der Waals surface area contributed by atoms with Crippen LogP contribution in [-0.2, 0) is 10.0 Å². The van der Waals surface area contributed by atoms with Crippen LogP contribution in [0.3, 0.4) is 0 Å². The topological polar surface area (TPSA) is 60.2 Å². The molecule has 0 unspecified atom stereocenters. The minimum Gasteiger partial charge on any atom is -0.225 e. The Labute approximate surface area is 138 Å². The Morgan fingerprint density at radius 3 is 2.22 bits per heavy atom. The van der Waals surface area contributed by atoms with Gasteiger partial charge in [0, 0.05) is 11.3 Å². The molecule has 0 aliphatic heterocycles. The molecular weight excluding hydrogens is 306 g/mol. The van der Waals surface area contributed by atoms with Crippen molar-refractivity contribution in [3.63, 3.8) is 0 Å². The fraction of sp³-hybridized carbons (Fsp3) is 0.368. The van der Waals surface area contributed by atoms with Crippen LogP contribution >= 0.6 is 0 Å². The molecule has 0 fully saturated rings. The van der Waals surface area contributed by atoms with E-state index in [2.05, 4.69) is 38.2 Å². The third-order valence-corrected chi connectivity index (χ3v) is 5.59. The molecule has 0 heterocycles. The molecule has 4 heteroatoms. The maximum Gasteiger partial charge on any atom is 0.238 e. The van der Waals surface area contributed by atoms with Gasteiger partial charge in [-0.1, -0.05) is 55.9 Å². The van der Waals surface area contributed by atoms with E-state index >= 15 is 0 Å². The summed E-state index contributed by atoms with van der Waals surface area (Å²) >= 11 is 0. The SMILES string of the molecule is CC1(C)C=CC(C2=C(c3ccc(S(N)(=O)=O)cc3)CCC2)C=C1. The molecule has 1 aromatic rings. The number of primary sulfonamides is 1. The summed E-state index contributed by atoms with van der Waals surface area (Å²) in [6, 6.07) is 6.95. The molecule has 2 N–H and O–H groups in total. The molecule has 0 spiro atoms. The van der Waals surface area contributed by atoms with Crippen molar-refractivity contribution >= 4 is 15.6 Å². The normalized spacial score (nSPS) is 21.2. The standard InChI is InChI=1S/C19H23NO2S/c1-19(2)12-10-15(11-13-19)18-5-3-4-17(18)14-6-8-16(9-7-14)23(20,21)22/h6-13,15H,3-5H2,1-2H3,(H2,20,21,22). The van der Waals surface area contributed by atoms with Gasteiger partial charge in [-0.05, 0) is 42.5 Å². The first-order chi connectivity index (χ1) is 10.8. The largest absolute Gasteiger partial charge is 0.238 e. The molecule has 0 saturated carbocycles. The van der Waals surface area contributed by atoms with Crippen LogP contribution < -0.4 is 5.14 Å². The van der Waals surface area contributed by atoms with Crippen LogP contribution in [0.25, 0.3) is 5.57 Å². The van der Waals surface area contributed by atoms with E-state index in [9.17, 15) is 8.42 Å². The number of nitrogens with two attached hydrogens (primary N) is 1. The molecule has 1 aromatic carbocycles. The quantitative estimate of drug-likeness (QED) is 0.851. The highest BCUT2D eigenvalue weighted by Gasteiger charge is 2.24. The molecule has 2 aliphatic carbocycles. The van der Waals surface area contributed by atoms with Gasteiger partial charge in [0.2, 0.25) is 10.0 Å². The molecule has 3 rings (SSSR count). The van der Waals surface area contributed by atoms with E-state index in [1.54, 1.807) is 12.1 Å². The molecule has 2 aliphatic rings. The second-order valence-corrected chi connectivity index (χ2v) is 8.55. The first-order valence-corrected chi connectivity index (χ1v) is 9.55. The average molecular weight is 329 g/mol. The predicted octanol–water partition coefficient (Wildman–Crippen LogP) is 4.04. The molecule has 0 radical (unpaired) electrons. The van der Waals surface area contributed by atoms with Crippen molar-refractivity contribution in [3.05, 3.63) is 59.7 Å². The Morgan fingerprint density at radius 1 is 1.04 bits per heavy atom. The summed E-state index contributed by atoms with van der Waals surface area (Å²) in [7, 11) is -3.63. The molecular formula is C19H23NO2S. The Morgan fingerprint density at radius 2 is 1.65 bits per heavy atom. The van der Waals surface area contributed by atoms with Gasteiger partial charge in [0.1, 0.15) is 0 Å². The Kier molecular flexibility index (Phi) is 4.07. The molecule has 0 bridgehead atoms. The summed E-state index contributed by atoms with van der Waals surface area (Å²) in [6.07, 6.45) is 12.4. The average Bonchev–Trinajstić information content (AvgIpc) is 2.96. The van der Waals surface area contributed by atoms with Crippen LogP contribution in [0.5, 0.6) is 0 Å². The highest BCUT2D eigenvalue weighted by Crippen LogP contribution is 2.41. The van der Waals surface area contributed by atoms with Crippen molar-refractivity contribution in [2.75, 3.05) is 0 Å². The van der Waals surface area contributed by atoms with Gasteiger partial charge in [0.25, 0.3) is 0 Å². The van der Waals surface area contributed by atoms with E-state index in [4.69, 9.17) is 5.14 Å². The predicted molar refractivity (Wildman–Crippen MR) is 94.1 cm³/mol. The molecule has 0 amide bonds. The van der Waals surface area contributed by atoms with Gasteiger partial charge in [-0.2, -0.15) is 0 Å². The molecule has 0 atom stereocenters. The van der Waals surface area contributed by atoms with Crippen molar-refractivity contribution in [2.24, 2.45) is 16.5 Å². The van der Waals surface area contributed by atoms with Gasteiger partial charge in [-0.15, -0.1) is 0 Å². The van der Waals surface area contributed by atoms with Gasteiger partial charge in [-0.3, -0.25) is 0 Å². The number of benzene rings is 1. The molecule has 0 saturated heterocycles. The molecule has 122 valence electrons. The summed E-state index contributed by atoms with van der Waals surface area (Å²) in [5.74, 6) is 0.360. The summed E-state index contributed by atoms with van der Waals surface area (Å²) in [5.41, 5.74) is 4.05. The molecule has 23 heavy (non-hydrogen) atoms. The highest BCUT2D eigenvalue weighted by atomic mass is 32.2. The van der Waals surface area contributed by atoms with Gasteiger partial charge < -0.3 is 0 Å². The summed E-state index contributed by atoms with van der Waals surface area (Å²) in [6.45, 7) is 4.40. The number of hydrogen-bond acceptors (Lipinski definition) is 2. The summed E-state index contributed by atoms with van der Waals surface area (Å²) < 4.78 is 22.8. The van der Waals surface area contributed by atoms with E-state index in [0.29, 0.717) is 5.92 Å². The van der Waals surface area contributed by atoms with E-state index in [1.165, 1.54) is 11.1 Å². The lowest BCUT2D eigenvalue weighted by Gasteiger charge is -2.24. The van der Waals surface area contributed by atoms with Crippen LogP contribution in [0.15, 0.2) is 59.0 Å². The smallest absolute Gasteiger partial charge is 0.225 e. The first-order valence-electron chi connectivity index (χ1n) is 8.00. The minimum atomic E-state index is -3.63. The van der Waals surface area contributed by atoms with Gasteiger partial charge in [-0.25, -0.2) is 13.6 Å². The number of sulfonamides is 1. The lowest BCUT2D eigenvalue weighted by Crippen LogP contribution is -2.12. The minimum absolute atomic E-state index is 0.132. The highest BCUT2D eigenvalue weighted by molar-refractivity contribution is 7.89. The third-order valence-electron chi connectivity index (χ3n) is 4.66. The lowest BCUT2D eigenvalue weighted by molar-refractivity contribution is 0.597. The second kappa shape index (κ2) is 5.77. The van der Waals surface area contributed by atoms with Gasteiger partial charge >= 0.3 is 0 Å². The summed E-state index contributed by atoms with van der Waals surface area (Å²) in [4.78, 5) is 0.167. The van der Waals surface area contributed by atoms with E-state index in [0.717, 1.165) is 24.8 Å². The maximum atomic E-state index is 11.4. The van der Waals surface area contributed by atoms with E-state index in [1.807, 2.05) is 12.1 Å². The van der Waals surface area contributed by atoms with Crippen molar-refractivity contribution in [2.45, 2.75) is 38.0 Å². The Balaban J connectivity index is 1.93. The van der Waals surface area contributed by atoms with Crippen molar-refractivity contribution in [1.29, 1.82) is 0 Å². The van der Waals surface area contributed by atoms with Gasteiger partial charge in [0.05, 0.1) is 4.90 Å². The monoisotopic (exact) mass is 329 g/mol. The van der Waals surface area contributed by atoms with Crippen LogP contribution in [0.1, 0.15) is 38.7 Å². The van der Waals surface area contributed by atoms with Gasteiger partial charge in [0.15, 0.2) is 0 Å². The fourth-order valence-electron chi connectivity index (χ4n) is 3.37. The number of rotatable bonds is 3. The molecule has 3 nitrogen and oxygen atoms in total. The summed E-state index contributed by atoms with van der Waals surface area (Å²) in [5, 5.41) is 5.17. The maximum absolute atomic E-state index is 11.4.